The molecule has 0 saturated carbocycles. The summed E-state index contributed by atoms with van der Waals surface area (Å²) in [7, 11) is 0. The average Bonchev–Trinajstić information content (AvgIpc) is 2.95. The number of carbonyl (C=O) groups is 1. The minimum absolute atomic E-state index is 0.0552. The first kappa shape index (κ1) is 19.2. The molecule has 0 aliphatic carbocycles. The van der Waals surface area contributed by atoms with Gasteiger partial charge in [-0.1, -0.05) is 37.9 Å². The SMILES string of the molecule is CCCCCC(C)NC(=O)CSc1nnc(-c2ccc(F)cc2)n1N. The molecule has 1 atom stereocenters. The van der Waals surface area contributed by atoms with Crippen molar-refractivity contribution in [3.8, 4) is 11.4 Å². The van der Waals surface area contributed by atoms with E-state index in [1.165, 1.54) is 41.4 Å². The Labute approximate surface area is 151 Å². The van der Waals surface area contributed by atoms with Crippen molar-refractivity contribution >= 4 is 17.7 Å². The molecule has 1 aromatic carbocycles. The number of nitrogens with one attached hydrogen (secondary N) is 1. The number of amides is 1. The van der Waals surface area contributed by atoms with E-state index < -0.39 is 0 Å². The zero-order valence-corrected chi connectivity index (χ0v) is 15.4. The van der Waals surface area contributed by atoms with Crippen LogP contribution in [-0.2, 0) is 4.79 Å². The first-order valence-electron chi connectivity index (χ1n) is 8.39. The minimum atomic E-state index is -0.328. The fraction of sp³-hybridized carbons (Fsp3) is 0.471. The summed E-state index contributed by atoms with van der Waals surface area (Å²) in [5.74, 6) is 6.25. The van der Waals surface area contributed by atoms with Crippen LogP contribution in [-0.4, -0.2) is 32.6 Å². The standard InChI is InChI=1S/C17H24FN5OS/c1-3-4-5-6-12(2)20-15(24)11-25-17-22-21-16(23(17)19)13-7-9-14(18)10-8-13/h7-10,12H,3-6,11,19H2,1-2H3,(H,20,24). The number of benzene rings is 1. The molecule has 6 nitrogen and oxygen atoms in total. The molecule has 8 heteroatoms. The number of nitrogen functional groups attached to an aromatic ring is 1. The van der Waals surface area contributed by atoms with Crippen LogP contribution in [0.5, 0.6) is 0 Å². The molecule has 0 saturated heterocycles. The summed E-state index contributed by atoms with van der Waals surface area (Å²) in [6.45, 7) is 4.17. The van der Waals surface area contributed by atoms with E-state index in [9.17, 15) is 9.18 Å². The maximum atomic E-state index is 13.0. The highest BCUT2D eigenvalue weighted by atomic mass is 32.2. The summed E-state index contributed by atoms with van der Waals surface area (Å²) >= 11 is 1.22. The Morgan fingerprint density at radius 2 is 2.04 bits per heavy atom. The molecule has 0 aliphatic rings. The van der Waals surface area contributed by atoms with Crippen LogP contribution in [0.4, 0.5) is 4.39 Å². The van der Waals surface area contributed by atoms with E-state index in [0.717, 1.165) is 12.8 Å². The third kappa shape index (κ3) is 5.74. The third-order valence-corrected chi connectivity index (χ3v) is 4.69. The largest absolute Gasteiger partial charge is 0.353 e. The second kappa shape index (κ2) is 9.41. The highest BCUT2D eigenvalue weighted by Gasteiger charge is 2.14. The molecule has 0 fully saturated rings. The maximum absolute atomic E-state index is 13.0. The summed E-state index contributed by atoms with van der Waals surface area (Å²) < 4.78 is 14.3. The third-order valence-electron chi connectivity index (χ3n) is 3.75. The molecule has 3 N–H and O–H groups in total. The number of hydrogen-bond donors (Lipinski definition) is 2. The van der Waals surface area contributed by atoms with Gasteiger partial charge in [-0.05, 0) is 37.6 Å². The first-order chi connectivity index (χ1) is 12.0. The lowest BCUT2D eigenvalue weighted by Gasteiger charge is -2.13. The fourth-order valence-corrected chi connectivity index (χ4v) is 3.06. The number of unbranched alkanes of at least 4 members (excludes halogenated alkanes) is 2. The average molecular weight is 365 g/mol. The van der Waals surface area contributed by atoms with Crippen molar-refractivity contribution in [1.29, 1.82) is 0 Å². The van der Waals surface area contributed by atoms with E-state index in [2.05, 4.69) is 22.4 Å². The summed E-state index contributed by atoms with van der Waals surface area (Å²) in [5, 5.41) is 11.4. The van der Waals surface area contributed by atoms with Gasteiger partial charge in [0.1, 0.15) is 5.82 Å². The van der Waals surface area contributed by atoms with Gasteiger partial charge < -0.3 is 11.2 Å². The smallest absolute Gasteiger partial charge is 0.230 e. The maximum Gasteiger partial charge on any atom is 0.230 e. The normalized spacial score (nSPS) is 12.1. The molecule has 1 aromatic heterocycles. The van der Waals surface area contributed by atoms with Crippen molar-refractivity contribution in [2.24, 2.45) is 0 Å². The quantitative estimate of drug-likeness (QED) is 0.405. The van der Waals surface area contributed by atoms with Crippen LogP contribution in [0, 0.1) is 5.82 Å². The molecule has 136 valence electrons. The first-order valence-corrected chi connectivity index (χ1v) is 9.38. The van der Waals surface area contributed by atoms with Crippen LogP contribution < -0.4 is 11.2 Å². The molecule has 0 radical (unpaired) electrons. The number of nitrogens with zero attached hydrogens (tertiary/aromatic N) is 3. The van der Waals surface area contributed by atoms with Crippen molar-refractivity contribution in [2.75, 3.05) is 11.6 Å². The number of nitrogens with two attached hydrogens (primary N) is 1. The van der Waals surface area contributed by atoms with Gasteiger partial charge in [0.25, 0.3) is 0 Å². The number of rotatable bonds is 9. The molecule has 2 rings (SSSR count). The van der Waals surface area contributed by atoms with E-state index in [1.54, 1.807) is 12.1 Å². The number of halogens is 1. The van der Waals surface area contributed by atoms with Crippen LogP contribution >= 0.6 is 11.8 Å². The van der Waals surface area contributed by atoms with Gasteiger partial charge in [-0.15, -0.1) is 10.2 Å². The van der Waals surface area contributed by atoms with E-state index in [1.807, 2.05) is 6.92 Å². The minimum Gasteiger partial charge on any atom is -0.353 e. The Morgan fingerprint density at radius 3 is 2.72 bits per heavy atom. The molecule has 0 aliphatic heterocycles. The topological polar surface area (TPSA) is 85.8 Å². The molecule has 1 amide bonds. The molecule has 1 heterocycles. The van der Waals surface area contributed by atoms with E-state index in [0.29, 0.717) is 16.5 Å². The zero-order valence-electron chi connectivity index (χ0n) is 14.5. The van der Waals surface area contributed by atoms with E-state index >= 15 is 0 Å². The van der Waals surface area contributed by atoms with Gasteiger partial charge >= 0.3 is 0 Å². The van der Waals surface area contributed by atoms with Gasteiger partial charge in [-0.25, -0.2) is 9.07 Å². The predicted molar refractivity (Wildman–Crippen MR) is 98.0 cm³/mol. The van der Waals surface area contributed by atoms with Crippen molar-refractivity contribution in [3.63, 3.8) is 0 Å². The predicted octanol–water partition coefficient (Wildman–Crippen LogP) is 2.98. The Kier molecular flexibility index (Phi) is 7.24. The Morgan fingerprint density at radius 1 is 1.32 bits per heavy atom. The second-order valence-corrected chi connectivity index (χ2v) is 6.88. The van der Waals surface area contributed by atoms with Crippen molar-refractivity contribution in [2.45, 2.75) is 50.7 Å². The summed E-state index contributed by atoms with van der Waals surface area (Å²) in [6.07, 6.45) is 4.44. The van der Waals surface area contributed by atoms with Gasteiger partial charge in [-0.3, -0.25) is 4.79 Å². The number of aromatic nitrogens is 3. The lowest BCUT2D eigenvalue weighted by molar-refractivity contribution is -0.119. The Bertz CT molecular complexity index is 689. The van der Waals surface area contributed by atoms with Gasteiger partial charge in [0.05, 0.1) is 5.75 Å². The summed E-state index contributed by atoms with van der Waals surface area (Å²) in [4.78, 5) is 12.0. The lowest BCUT2D eigenvalue weighted by atomic mass is 10.1. The zero-order chi connectivity index (χ0) is 18.2. The molecule has 1 unspecified atom stereocenters. The molecule has 2 aromatic rings. The van der Waals surface area contributed by atoms with Crippen LogP contribution in [0.2, 0.25) is 0 Å². The number of hydrogen-bond acceptors (Lipinski definition) is 5. The van der Waals surface area contributed by atoms with Gasteiger partial charge in [0, 0.05) is 11.6 Å². The van der Waals surface area contributed by atoms with Crippen LogP contribution in [0.25, 0.3) is 11.4 Å². The van der Waals surface area contributed by atoms with Gasteiger partial charge in [0.15, 0.2) is 5.82 Å². The highest BCUT2D eigenvalue weighted by molar-refractivity contribution is 7.99. The van der Waals surface area contributed by atoms with Gasteiger partial charge in [0.2, 0.25) is 11.1 Å². The van der Waals surface area contributed by atoms with Crippen molar-refractivity contribution in [1.82, 2.24) is 20.2 Å². The second-order valence-electron chi connectivity index (χ2n) is 5.94. The lowest BCUT2D eigenvalue weighted by Crippen LogP contribution is -2.33. The number of carbonyl (C=O) groups excluding carboxylic acids is 1. The summed E-state index contributed by atoms with van der Waals surface area (Å²) in [5.41, 5.74) is 0.664. The number of thioether (sulfide) groups is 1. The van der Waals surface area contributed by atoms with Crippen LogP contribution in [0.1, 0.15) is 39.5 Å². The Hall–Kier alpha value is -2.09. The van der Waals surface area contributed by atoms with E-state index in [-0.39, 0.29) is 23.5 Å². The van der Waals surface area contributed by atoms with Gasteiger partial charge in [-0.2, -0.15) is 0 Å². The van der Waals surface area contributed by atoms with E-state index in [4.69, 9.17) is 5.84 Å². The molecule has 0 bridgehead atoms. The Balaban J connectivity index is 1.87. The summed E-state index contributed by atoms with van der Waals surface area (Å²) in [6, 6.07) is 6.00. The highest BCUT2D eigenvalue weighted by Crippen LogP contribution is 2.21. The van der Waals surface area contributed by atoms with Crippen LogP contribution in [0.3, 0.4) is 0 Å². The van der Waals surface area contributed by atoms with Crippen molar-refractivity contribution < 1.29 is 9.18 Å². The molecular formula is C17H24FN5OS. The molecule has 25 heavy (non-hydrogen) atoms. The molecular weight excluding hydrogens is 341 g/mol. The monoisotopic (exact) mass is 365 g/mol. The van der Waals surface area contributed by atoms with Crippen LogP contribution in [0.15, 0.2) is 29.4 Å². The fourth-order valence-electron chi connectivity index (χ4n) is 2.39. The van der Waals surface area contributed by atoms with Crippen molar-refractivity contribution in [3.05, 3.63) is 30.1 Å². The molecule has 0 spiro atoms.